The highest BCUT2D eigenvalue weighted by Crippen LogP contribution is 2.07. The van der Waals surface area contributed by atoms with Crippen molar-refractivity contribution in [2.75, 3.05) is 18.5 Å². The van der Waals surface area contributed by atoms with Gasteiger partial charge in [0.1, 0.15) is 6.61 Å². The predicted octanol–water partition coefficient (Wildman–Crippen LogP) is 3.05. The van der Waals surface area contributed by atoms with Crippen molar-refractivity contribution < 1.29 is 14.3 Å². The molecule has 0 aliphatic carbocycles. The highest BCUT2D eigenvalue weighted by Gasteiger charge is 2.10. The lowest BCUT2D eigenvalue weighted by Gasteiger charge is -2.19. The largest absolute Gasteiger partial charge is 0.447 e. The van der Waals surface area contributed by atoms with E-state index >= 15 is 0 Å². The lowest BCUT2D eigenvalue weighted by atomic mass is 10.2. The van der Waals surface area contributed by atoms with Crippen molar-refractivity contribution in [2.45, 2.75) is 26.4 Å². The minimum absolute atomic E-state index is 0.209. The van der Waals surface area contributed by atoms with Gasteiger partial charge in [0.25, 0.3) is 0 Å². The highest BCUT2D eigenvalue weighted by atomic mass is 16.6. The fraction of sp³-hybridized carbons (Fsp3) is 0.462. The molecule has 0 saturated carbocycles. The van der Waals surface area contributed by atoms with E-state index in [0.29, 0.717) is 12.3 Å². The number of rotatable bonds is 4. The van der Waals surface area contributed by atoms with Gasteiger partial charge in [-0.1, -0.05) is 18.2 Å². The molecule has 1 aromatic carbocycles. The number of anilines is 1. The summed E-state index contributed by atoms with van der Waals surface area (Å²) in [4.78, 5) is 11.3. The molecule has 0 spiro atoms. The van der Waals surface area contributed by atoms with Gasteiger partial charge in [-0.05, 0) is 32.9 Å². The van der Waals surface area contributed by atoms with Crippen LogP contribution in [0, 0.1) is 0 Å². The minimum Gasteiger partial charge on any atom is -0.447 e. The molecule has 17 heavy (non-hydrogen) atoms. The standard InChI is InChI=1S/C13H19NO3/c1-13(2,3)17-10-9-16-12(15)14-11-7-5-4-6-8-11/h4-8H,9-10H2,1-3H3,(H,14,15). The number of hydrogen-bond acceptors (Lipinski definition) is 3. The molecule has 1 rings (SSSR count). The van der Waals surface area contributed by atoms with Gasteiger partial charge < -0.3 is 9.47 Å². The molecule has 4 heteroatoms. The van der Waals surface area contributed by atoms with E-state index in [1.807, 2.05) is 39.0 Å². The molecular formula is C13H19NO3. The van der Waals surface area contributed by atoms with Crippen molar-refractivity contribution in [2.24, 2.45) is 0 Å². The maximum absolute atomic E-state index is 11.3. The van der Waals surface area contributed by atoms with Gasteiger partial charge in [0.15, 0.2) is 0 Å². The Morgan fingerprint density at radius 3 is 2.41 bits per heavy atom. The third-order valence-electron chi connectivity index (χ3n) is 1.87. The third kappa shape index (κ3) is 6.58. The highest BCUT2D eigenvalue weighted by molar-refractivity contribution is 5.84. The molecule has 0 bridgehead atoms. The number of nitrogens with one attached hydrogen (secondary N) is 1. The first-order valence-corrected chi connectivity index (χ1v) is 5.60. The average Bonchev–Trinajstić information content (AvgIpc) is 2.25. The SMILES string of the molecule is CC(C)(C)OCCOC(=O)Nc1ccccc1. The molecule has 0 atom stereocenters. The quantitative estimate of drug-likeness (QED) is 0.819. The summed E-state index contributed by atoms with van der Waals surface area (Å²) in [6.45, 7) is 6.51. The van der Waals surface area contributed by atoms with Crippen molar-refractivity contribution >= 4 is 11.8 Å². The van der Waals surface area contributed by atoms with Crippen LogP contribution in [0.1, 0.15) is 20.8 Å². The number of carbonyl (C=O) groups is 1. The monoisotopic (exact) mass is 237 g/mol. The van der Waals surface area contributed by atoms with Crippen LogP contribution in [-0.2, 0) is 9.47 Å². The molecule has 0 fully saturated rings. The molecule has 1 aromatic rings. The summed E-state index contributed by atoms with van der Waals surface area (Å²) in [6, 6.07) is 9.17. The molecule has 0 aromatic heterocycles. The second kappa shape index (κ2) is 6.25. The molecule has 0 saturated heterocycles. The molecule has 4 nitrogen and oxygen atoms in total. The van der Waals surface area contributed by atoms with Crippen LogP contribution in [0.15, 0.2) is 30.3 Å². The Morgan fingerprint density at radius 2 is 1.82 bits per heavy atom. The van der Waals surface area contributed by atoms with Crippen molar-refractivity contribution in [1.29, 1.82) is 0 Å². The van der Waals surface area contributed by atoms with E-state index in [1.165, 1.54) is 0 Å². The maximum atomic E-state index is 11.3. The Bertz CT molecular complexity index is 343. The molecule has 0 radical (unpaired) electrons. The van der Waals surface area contributed by atoms with Crippen molar-refractivity contribution in [3.05, 3.63) is 30.3 Å². The first kappa shape index (κ1) is 13.5. The zero-order valence-electron chi connectivity index (χ0n) is 10.5. The van der Waals surface area contributed by atoms with E-state index in [0.717, 1.165) is 0 Å². The van der Waals surface area contributed by atoms with Gasteiger partial charge in [-0.3, -0.25) is 5.32 Å². The number of amides is 1. The van der Waals surface area contributed by atoms with Crippen molar-refractivity contribution in [3.8, 4) is 0 Å². The zero-order valence-corrected chi connectivity index (χ0v) is 10.5. The van der Waals surface area contributed by atoms with E-state index < -0.39 is 6.09 Å². The van der Waals surface area contributed by atoms with E-state index in [4.69, 9.17) is 9.47 Å². The Hall–Kier alpha value is -1.55. The molecule has 94 valence electrons. The fourth-order valence-corrected chi connectivity index (χ4v) is 1.16. The van der Waals surface area contributed by atoms with Crippen LogP contribution in [0.2, 0.25) is 0 Å². The topological polar surface area (TPSA) is 47.6 Å². The van der Waals surface area contributed by atoms with E-state index in [1.54, 1.807) is 12.1 Å². The van der Waals surface area contributed by atoms with Crippen LogP contribution >= 0.6 is 0 Å². The lowest BCUT2D eigenvalue weighted by Crippen LogP contribution is -2.23. The Labute approximate surface area is 102 Å². The van der Waals surface area contributed by atoms with Gasteiger partial charge in [0.2, 0.25) is 0 Å². The van der Waals surface area contributed by atoms with Gasteiger partial charge >= 0.3 is 6.09 Å². The lowest BCUT2D eigenvalue weighted by molar-refractivity contribution is -0.0218. The predicted molar refractivity (Wildman–Crippen MR) is 67.1 cm³/mol. The smallest absolute Gasteiger partial charge is 0.411 e. The summed E-state index contributed by atoms with van der Waals surface area (Å²) in [5.41, 5.74) is 0.508. The van der Waals surface area contributed by atoms with E-state index in [2.05, 4.69) is 5.32 Å². The fourth-order valence-electron chi connectivity index (χ4n) is 1.16. The minimum atomic E-state index is -0.464. The third-order valence-corrected chi connectivity index (χ3v) is 1.87. The number of carbonyl (C=O) groups excluding carboxylic acids is 1. The van der Waals surface area contributed by atoms with Crippen LogP contribution in [-0.4, -0.2) is 24.9 Å². The molecule has 1 N–H and O–H groups in total. The molecule has 0 aliphatic heterocycles. The van der Waals surface area contributed by atoms with Gasteiger partial charge in [0.05, 0.1) is 12.2 Å². The molecule has 0 unspecified atom stereocenters. The van der Waals surface area contributed by atoms with Gasteiger partial charge in [0, 0.05) is 5.69 Å². The van der Waals surface area contributed by atoms with Crippen LogP contribution in [0.25, 0.3) is 0 Å². The second-order valence-electron chi connectivity index (χ2n) is 4.59. The molecular weight excluding hydrogens is 218 g/mol. The Kier molecular flexibility index (Phi) is 4.97. The van der Waals surface area contributed by atoms with Crippen LogP contribution in [0.5, 0.6) is 0 Å². The number of hydrogen-bond donors (Lipinski definition) is 1. The average molecular weight is 237 g/mol. The molecule has 0 aliphatic rings. The summed E-state index contributed by atoms with van der Waals surface area (Å²) in [5, 5.41) is 2.62. The first-order chi connectivity index (χ1) is 7.97. The van der Waals surface area contributed by atoms with Gasteiger partial charge in [-0.15, -0.1) is 0 Å². The summed E-state index contributed by atoms with van der Waals surface area (Å²) < 4.78 is 10.4. The van der Waals surface area contributed by atoms with Crippen molar-refractivity contribution in [1.82, 2.24) is 0 Å². The van der Waals surface area contributed by atoms with Crippen molar-refractivity contribution in [3.63, 3.8) is 0 Å². The molecule has 1 amide bonds. The number of benzene rings is 1. The Balaban J connectivity index is 2.18. The van der Waals surface area contributed by atoms with E-state index in [-0.39, 0.29) is 12.2 Å². The summed E-state index contributed by atoms with van der Waals surface area (Å²) >= 11 is 0. The normalized spacial score (nSPS) is 11.0. The number of ether oxygens (including phenoxy) is 2. The summed E-state index contributed by atoms with van der Waals surface area (Å²) in [5.74, 6) is 0. The first-order valence-electron chi connectivity index (χ1n) is 5.60. The molecule has 0 heterocycles. The van der Waals surface area contributed by atoms with E-state index in [9.17, 15) is 4.79 Å². The van der Waals surface area contributed by atoms with Crippen LogP contribution < -0.4 is 5.32 Å². The maximum Gasteiger partial charge on any atom is 0.411 e. The Morgan fingerprint density at radius 1 is 1.18 bits per heavy atom. The van der Waals surface area contributed by atoms with Crippen LogP contribution in [0.4, 0.5) is 10.5 Å². The zero-order chi connectivity index (χ0) is 12.7. The number of para-hydroxylation sites is 1. The summed E-state index contributed by atoms with van der Waals surface area (Å²) in [6.07, 6.45) is -0.464. The van der Waals surface area contributed by atoms with Gasteiger partial charge in [-0.2, -0.15) is 0 Å². The van der Waals surface area contributed by atoms with Crippen LogP contribution in [0.3, 0.4) is 0 Å². The van der Waals surface area contributed by atoms with Gasteiger partial charge in [-0.25, -0.2) is 4.79 Å². The second-order valence-corrected chi connectivity index (χ2v) is 4.59. The summed E-state index contributed by atoms with van der Waals surface area (Å²) in [7, 11) is 0.